The van der Waals surface area contributed by atoms with Gasteiger partial charge in [-0.3, -0.25) is 4.98 Å². The van der Waals surface area contributed by atoms with Crippen LogP contribution in [-0.4, -0.2) is 9.97 Å². The molecule has 0 atom stereocenters. The van der Waals surface area contributed by atoms with Crippen molar-refractivity contribution in [3.63, 3.8) is 0 Å². The first-order valence-electron chi connectivity index (χ1n) is 13.6. The first-order valence-corrected chi connectivity index (χ1v) is 13.6. The minimum atomic E-state index is 0.946. The van der Waals surface area contributed by atoms with Crippen LogP contribution in [0.2, 0.25) is 0 Å². The van der Waals surface area contributed by atoms with Crippen molar-refractivity contribution in [1.29, 1.82) is 0 Å². The highest BCUT2D eigenvalue weighted by molar-refractivity contribution is 6.25. The molecule has 0 saturated heterocycles. The lowest BCUT2D eigenvalue weighted by molar-refractivity contribution is 1.31. The summed E-state index contributed by atoms with van der Waals surface area (Å²) < 4.78 is 0. The first kappa shape index (κ1) is 22.6. The maximum Gasteiger partial charge on any atom is 0.0721 e. The second-order valence-electron chi connectivity index (χ2n) is 10.2. The van der Waals surface area contributed by atoms with Gasteiger partial charge in [0.2, 0.25) is 0 Å². The Morgan fingerprint density at radius 3 is 1.82 bits per heavy atom. The van der Waals surface area contributed by atoms with Crippen LogP contribution in [-0.2, 0) is 0 Å². The van der Waals surface area contributed by atoms with E-state index in [1.807, 2.05) is 18.5 Å². The molecule has 0 amide bonds. The second-order valence-corrected chi connectivity index (χ2v) is 10.2. The second kappa shape index (κ2) is 9.14. The maximum atomic E-state index is 5.35. The van der Waals surface area contributed by atoms with Crippen molar-refractivity contribution in [2.24, 2.45) is 0 Å². The lowest BCUT2D eigenvalue weighted by Crippen LogP contribution is -1.94. The third-order valence-electron chi connectivity index (χ3n) is 7.91. The van der Waals surface area contributed by atoms with Gasteiger partial charge in [-0.1, -0.05) is 115 Å². The molecule has 0 aliphatic carbocycles. The zero-order valence-electron chi connectivity index (χ0n) is 21.8. The molecule has 40 heavy (non-hydrogen) atoms. The van der Waals surface area contributed by atoms with Crippen LogP contribution in [0, 0.1) is 0 Å². The molecule has 0 bridgehead atoms. The fourth-order valence-electron chi connectivity index (χ4n) is 6.04. The molecular formula is C38H24N2. The van der Waals surface area contributed by atoms with Crippen molar-refractivity contribution in [3.05, 3.63) is 146 Å². The summed E-state index contributed by atoms with van der Waals surface area (Å²) in [5, 5.41) is 7.64. The Labute approximate surface area is 232 Å². The Balaban J connectivity index is 1.42. The van der Waals surface area contributed by atoms with Crippen LogP contribution in [0.25, 0.3) is 77.1 Å². The van der Waals surface area contributed by atoms with Crippen molar-refractivity contribution < 1.29 is 0 Å². The number of hydrogen-bond donors (Lipinski definition) is 0. The highest BCUT2D eigenvalue weighted by atomic mass is 14.7. The minimum Gasteiger partial charge on any atom is -0.264 e. The Morgan fingerprint density at radius 1 is 0.400 bits per heavy atom. The predicted molar refractivity (Wildman–Crippen MR) is 167 cm³/mol. The standard InChI is InChI=1S/C38H24N2/c1-2-8-25(9-3-1)30-22-35(32-14-5-4-13-31(32)29-12-7-21-39-24-29)40-36(23-30)33-19-17-28-16-15-26-10-6-11-27-18-20-34(33)38(28)37(26)27/h1-24H. The van der Waals surface area contributed by atoms with E-state index in [0.29, 0.717) is 0 Å². The van der Waals surface area contributed by atoms with Crippen LogP contribution in [0.3, 0.4) is 0 Å². The smallest absolute Gasteiger partial charge is 0.0721 e. The molecule has 0 radical (unpaired) electrons. The van der Waals surface area contributed by atoms with E-state index < -0.39 is 0 Å². The lowest BCUT2D eigenvalue weighted by Gasteiger charge is -2.16. The SMILES string of the molecule is c1ccc(-c2cc(-c3ccccc3-c3cccnc3)nc(-c3ccc4ccc5cccc6ccc3c4c56)c2)cc1. The van der Waals surface area contributed by atoms with Gasteiger partial charge in [0.05, 0.1) is 11.4 Å². The van der Waals surface area contributed by atoms with E-state index >= 15 is 0 Å². The minimum absolute atomic E-state index is 0.946. The fourth-order valence-corrected chi connectivity index (χ4v) is 6.04. The van der Waals surface area contributed by atoms with Gasteiger partial charge >= 0.3 is 0 Å². The molecule has 8 aromatic rings. The number of benzene rings is 6. The monoisotopic (exact) mass is 508 g/mol. The van der Waals surface area contributed by atoms with E-state index in [0.717, 1.165) is 39.2 Å². The number of rotatable bonds is 4. The van der Waals surface area contributed by atoms with Crippen LogP contribution in [0.4, 0.5) is 0 Å². The van der Waals surface area contributed by atoms with Gasteiger partial charge in [0.25, 0.3) is 0 Å². The molecule has 186 valence electrons. The summed E-state index contributed by atoms with van der Waals surface area (Å²) in [7, 11) is 0. The van der Waals surface area contributed by atoms with Gasteiger partial charge in [-0.2, -0.15) is 0 Å². The number of aromatic nitrogens is 2. The van der Waals surface area contributed by atoms with Gasteiger partial charge < -0.3 is 0 Å². The quantitative estimate of drug-likeness (QED) is 0.221. The summed E-state index contributed by atoms with van der Waals surface area (Å²) in [6.45, 7) is 0. The predicted octanol–water partition coefficient (Wildman–Crippen LogP) is 10.0. The zero-order valence-corrected chi connectivity index (χ0v) is 21.8. The number of nitrogens with zero attached hydrogens (tertiary/aromatic N) is 2. The summed E-state index contributed by atoms with van der Waals surface area (Å²) in [5.41, 5.74) is 8.66. The number of pyridine rings is 2. The van der Waals surface area contributed by atoms with Crippen molar-refractivity contribution in [2.75, 3.05) is 0 Å². The van der Waals surface area contributed by atoms with Crippen molar-refractivity contribution in [1.82, 2.24) is 9.97 Å². The van der Waals surface area contributed by atoms with Crippen LogP contribution < -0.4 is 0 Å². The third kappa shape index (κ3) is 3.65. The van der Waals surface area contributed by atoms with Gasteiger partial charge in [-0.25, -0.2) is 4.98 Å². The average Bonchev–Trinajstić information content (AvgIpc) is 3.04. The molecule has 0 saturated carbocycles. The summed E-state index contributed by atoms with van der Waals surface area (Å²) >= 11 is 0. The summed E-state index contributed by atoms with van der Waals surface area (Å²) in [6.07, 6.45) is 3.73. The molecule has 0 spiro atoms. The average molecular weight is 509 g/mol. The molecule has 2 nitrogen and oxygen atoms in total. The first-order chi connectivity index (χ1) is 19.8. The highest BCUT2D eigenvalue weighted by Crippen LogP contribution is 2.41. The molecule has 0 N–H and O–H groups in total. The van der Waals surface area contributed by atoms with E-state index in [-0.39, 0.29) is 0 Å². The molecule has 8 rings (SSSR count). The van der Waals surface area contributed by atoms with Crippen LogP contribution in [0.5, 0.6) is 0 Å². The van der Waals surface area contributed by atoms with Crippen LogP contribution in [0.15, 0.2) is 146 Å². The summed E-state index contributed by atoms with van der Waals surface area (Å²) in [4.78, 5) is 9.73. The van der Waals surface area contributed by atoms with E-state index in [9.17, 15) is 0 Å². The Bertz CT molecular complexity index is 2130. The highest BCUT2D eigenvalue weighted by Gasteiger charge is 2.16. The molecule has 6 aromatic carbocycles. The van der Waals surface area contributed by atoms with Crippen molar-refractivity contribution in [2.45, 2.75) is 0 Å². The van der Waals surface area contributed by atoms with Gasteiger partial charge in [0.1, 0.15) is 0 Å². The van der Waals surface area contributed by atoms with E-state index in [2.05, 4.69) is 132 Å². The van der Waals surface area contributed by atoms with Gasteiger partial charge in [0.15, 0.2) is 0 Å². The van der Waals surface area contributed by atoms with Crippen molar-refractivity contribution >= 4 is 32.3 Å². The lowest BCUT2D eigenvalue weighted by atomic mass is 9.90. The van der Waals surface area contributed by atoms with Gasteiger partial charge in [0, 0.05) is 29.1 Å². The molecule has 0 aliphatic rings. The van der Waals surface area contributed by atoms with E-state index in [1.54, 1.807) is 0 Å². The normalized spacial score (nSPS) is 11.5. The van der Waals surface area contributed by atoms with Gasteiger partial charge in [-0.15, -0.1) is 0 Å². The molecule has 0 aliphatic heterocycles. The zero-order chi connectivity index (χ0) is 26.5. The molecule has 2 heterocycles. The molecule has 0 unspecified atom stereocenters. The Kier molecular flexibility index (Phi) is 5.17. The van der Waals surface area contributed by atoms with Gasteiger partial charge in [-0.05, 0) is 67.2 Å². The molecule has 2 heteroatoms. The summed E-state index contributed by atoms with van der Waals surface area (Å²) in [5.74, 6) is 0. The third-order valence-corrected chi connectivity index (χ3v) is 7.91. The van der Waals surface area contributed by atoms with Crippen LogP contribution in [0.1, 0.15) is 0 Å². The molecule has 0 fully saturated rings. The van der Waals surface area contributed by atoms with E-state index in [4.69, 9.17) is 4.98 Å². The number of hydrogen-bond acceptors (Lipinski definition) is 2. The topological polar surface area (TPSA) is 25.8 Å². The fraction of sp³-hybridized carbons (Fsp3) is 0. The largest absolute Gasteiger partial charge is 0.264 e. The molecule has 2 aromatic heterocycles. The van der Waals surface area contributed by atoms with Crippen LogP contribution >= 0.6 is 0 Å². The van der Waals surface area contributed by atoms with E-state index in [1.165, 1.54) is 37.9 Å². The Morgan fingerprint density at radius 2 is 1.05 bits per heavy atom. The summed E-state index contributed by atoms with van der Waals surface area (Å²) in [6, 6.07) is 47.6. The Hall–Kier alpha value is -5.34. The maximum absolute atomic E-state index is 5.35. The molecular weight excluding hydrogens is 484 g/mol. The van der Waals surface area contributed by atoms with Crippen molar-refractivity contribution in [3.8, 4) is 44.8 Å².